The molecule has 0 heterocycles. The van der Waals surface area contributed by atoms with Gasteiger partial charge >= 0.3 is 5.97 Å². The number of nitrogens with one attached hydrogen (secondary N) is 1. The van der Waals surface area contributed by atoms with Crippen LogP contribution < -0.4 is 10.1 Å². The van der Waals surface area contributed by atoms with E-state index in [4.69, 9.17) is 14.2 Å². The fraction of sp³-hybridized carbons (Fsp3) is 0.533. The average Bonchev–Trinajstić information content (AvgIpc) is 2.45. The number of hydrogen-bond donors (Lipinski definition) is 1. The largest absolute Gasteiger partial charge is 0.491 e. The highest BCUT2D eigenvalue weighted by Gasteiger charge is 2.19. The lowest BCUT2D eigenvalue weighted by molar-refractivity contribution is -0.145. The van der Waals surface area contributed by atoms with Gasteiger partial charge in [-0.2, -0.15) is 0 Å². The van der Waals surface area contributed by atoms with Crippen molar-refractivity contribution in [2.45, 2.75) is 25.9 Å². The summed E-state index contributed by atoms with van der Waals surface area (Å²) in [5.74, 6) is 0.489. The van der Waals surface area contributed by atoms with Gasteiger partial charge < -0.3 is 19.5 Å². The van der Waals surface area contributed by atoms with Crippen molar-refractivity contribution in [1.29, 1.82) is 0 Å². The number of hydrogen-bond acceptors (Lipinski definition) is 5. The first kappa shape index (κ1) is 16.5. The second-order valence-electron chi connectivity index (χ2n) is 4.63. The molecule has 1 aromatic rings. The molecule has 0 amide bonds. The van der Waals surface area contributed by atoms with Crippen LogP contribution in [-0.2, 0) is 14.3 Å². The third kappa shape index (κ3) is 6.54. The summed E-state index contributed by atoms with van der Waals surface area (Å²) in [6.07, 6.45) is 0. The second-order valence-corrected chi connectivity index (χ2v) is 4.63. The summed E-state index contributed by atoms with van der Waals surface area (Å²) in [5, 5.41) is 3.10. The number of carbonyl (C=O) groups excluding carboxylic acids is 1. The number of carbonyl (C=O) groups is 1. The number of rotatable bonds is 9. The predicted octanol–water partition coefficient (Wildman–Crippen LogP) is 1.62. The molecule has 1 rings (SSSR count). The number of para-hydroxylation sites is 1. The molecule has 5 heteroatoms. The van der Waals surface area contributed by atoms with Gasteiger partial charge in [0.2, 0.25) is 0 Å². The standard InChI is InChI=1S/C15H23NO4/c1-12(2)16-14(15(17)18-3)11-19-9-10-20-13-7-5-4-6-8-13/h4-8,12,14,16H,9-11H2,1-3H3. The maximum atomic E-state index is 11.5. The molecule has 1 atom stereocenters. The zero-order chi connectivity index (χ0) is 14.8. The Kier molecular flexibility index (Phi) is 7.69. The van der Waals surface area contributed by atoms with Crippen LogP contribution in [0.4, 0.5) is 0 Å². The molecule has 0 aliphatic rings. The number of esters is 1. The van der Waals surface area contributed by atoms with Crippen molar-refractivity contribution in [3.8, 4) is 5.75 Å². The molecule has 20 heavy (non-hydrogen) atoms. The third-order valence-corrected chi connectivity index (χ3v) is 2.54. The highest BCUT2D eigenvalue weighted by molar-refractivity contribution is 5.75. The summed E-state index contributed by atoms with van der Waals surface area (Å²) in [6.45, 7) is 5.06. The van der Waals surface area contributed by atoms with E-state index in [1.54, 1.807) is 0 Å². The average molecular weight is 281 g/mol. The van der Waals surface area contributed by atoms with Crippen LogP contribution >= 0.6 is 0 Å². The molecule has 1 unspecified atom stereocenters. The predicted molar refractivity (Wildman–Crippen MR) is 76.8 cm³/mol. The Balaban J connectivity index is 2.21. The molecule has 112 valence electrons. The lowest BCUT2D eigenvalue weighted by Crippen LogP contribution is -2.45. The lowest BCUT2D eigenvalue weighted by Gasteiger charge is -2.19. The Morgan fingerprint density at radius 3 is 2.50 bits per heavy atom. The van der Waals surface area contributed by atoms with E-state index in [-0.39, 0.29) is 18.6 Å². The van der Waals surface area contributed by atoms with Crippen LogP contribution in [-0.4, -0.2) is 45.0 Å². The Labute approximate surface area is 120 Å². The summed E-state index contributed by atoms with van der Waals surface area (Å²) in [5.41, 5.74) is 0. The highest BCUT2D eigenvalue weighted by atomic mass is 16.5. The van der Waals surface area contributed by atoms with Crippen LogP contribution in [0.1, 0.15) is 13.8 Å². The van der Waals surface area contributed by atoms with E-state index in [1.807, 2.05) is 44.2 Å². The van der Waals surface area contributed by atoms with Crippen LogP contribution in [0.3, 0.4) is 0 Å². The van der Waals surface area contributed by atoms with Crippen molar-refractivity contribution in [3.05, 3.63) is 30.3 Å². The van der Waals surface area contributed by atoms with E-state index < -0.39 is 6.04 Å². The molecule has 1 aromatic carbocycles. The minimum atomic E-state index is -0.447. The first-order valence-corrected chi connectivity index (χ1v) is 6.73. The van der Waals surface area contributed by atoms with Gasteiger partial charge in [0.1, 0.15) is 18.4 Å². The van der Waals surface area contributed by atoms with E-state index in [0.717, 1.165) is 5.75 Å². The van der Waals surface area contributed by atoms with Crippen LogP contribution in [0.15, 0.2) is 30.3 Å². The van der Waals surface area contributed by atoms with Gasteiger partial charge in [0, 0.05) is 6.04 Å². The third-order valence-electron chi connectivity index (χ3n) is 2.54. The van der Waals surface area contributed by atoms with E-state index >= 15 is 0 Å². The Hall–Kier alpha value is -1.59. The number of methoxy groups -OCH3 is 1. The smallest absolute Gasteiger partial charge is 0.325 e. The summed E-state index contributed by atoms with van der Waals surface area (Å²) in [6, 6.07) is 9.27. The summed E-state index contributed by atoms with van der Waals surface area (Å²) in [4.78, 5) is 11.5. The van der Waals surface area contributed by atoms with Crippen molar-refractivity contribution in [1.82, 2.24) is 5.32 Å². The van der Waals surface area contributed by atoms with Crippen molar-refractivity contribution < 1.29 is 19.0 Å². The van der Waals surface area contributed by atoms with E-state index in [1.165, 1.54) is 7.11 Å². The first-order valence-electron chi connectivity index (χ1n) is 6.73. The topological polar surface area (TPSA) is 56.8 Å². The summed E-state index contributed by atoms with van der Waals surface area (Å²) in [7, 11) is 1.37. The second kappa shape index (κ2) is 9.34. The summed E-state index contributed by atoms with van der Waals surface area (Å²) >= 11 is 0. The molecule has 0 aromatic heterocycles. The zero-order valence-electron chi connectivity index (χ0n) is 12.3. The molecular weight excluding hydrogens is 258 g/mol. The molecule has 5 nitrogen and oxygen atoms in total. The van der Waals surface area contributed by atoms with E-state index in [0.29, 0.717) is 13.2 Å². The van der Waals surface area contributed by atoms with Gasteiger partial charge in [-0.05, 0) is 12.1 Å². The minimum absolute atomic E-state index is 0.184. The van der Waals surface area contributed by atoms with E-state index in [2.05, 4.69) is 5.32 Å². The Bertz CT molecular complexity index is 381. The molecule has 0 aliphatic carbocycles. The van der Waals surface area contributed by atoms with Crippen molar-refractivity contribution >= 4 is 5.97 Å². The Morgan fingerprint density at radius 2 is 1.90 bits per heavy atom. The Morgan fingerprint density at radius 1 is 1.20 bits per heavy atom. The zero-order valence-corrected chi connectivity index (χ0v) is 12.3. The number of ether oxygens (including phenoxy) is 3. The van der Waals surface area contributed by atoms with E-state index in [9.17, 15) is 4.79 Å². The summed E-state index contributed by atoms with van der Waals surface area (Å²) < 4.78 is 15.7. The van der Waals surface area contributed by atoms with Crippen molar-refractivity contribution in [3.63, 3.8) is 0 Å². The van der Waals surface area contributed by atoms with Crippen LogP contribution in [0.5, 0.6) is 5.75 Å². The van der Waals surface area contributed by atoms with Crippen LogP contribution in [0.25, 0.3) is 0 Å². The lowest BCUT2D eigenvalue weighted by atomic mass is 10.2. The van der Waals surface area contributed by atoms with Gasteiger partial charge in [0.15, 0.2) is 0 Å². The van der Waals surface area contributed by atoms with Gasteiger partial charge in [-0.1, -0.05) is 32.0 Å². The molecule has 0 fully saturated rings. The molecule has 0 spiro atoms. The van der Waals surface area contributed by atoms with Gasteiger partial charge in [0.25, 0.3) is 0 Å². The van der Waals surface area contributed by atoms with Crippen LogP contribution in [0.2, 0.25) is 0 Å². The maximum Gasteiger partial charge on any atom is 0.325 e. The molecule has 1 N–H and O–H groups in total. The monoisotopic (exact) mass is 281 g/mol. The maximum absolute atomic E-state index is 11.5. The molecular formula is C15H23NO4. The van der Waals surface area contributed by atoms with Gasteiger partial charge in [-0.3, -0.25) is 4.79 Å². The van der Waals surface area contributed by atoms with Crippen LogP contribution in [0, 0.1) is 0 Å². The molecule has 0 radical (unpaired) electrons. The van der Waals surface area contributed by atoms with Crippen molar-refractivity contribution in [2.24, 2.45) is 0 Å². The number of benzene rings is 1. The quantitative estimate of drug-likeness (QED) is 0.550. The van der Waals surface area contributed by atoms with Gasteiger partial charge in [-0.15, -0.1) is 0 Å². The fourth-order valence-electron chi connectivity index (χ4n) is 1.67. The van der Waals surface area contributed by atoms with Crippen molar-refractivity contribution in [2.75, 3.05) is 26.9 Å². The SMILES string of the molecule is COC(=O)C(COCCOc1ccccc1)NC(C)C. The fourth-order valence-corrected chi connectivity index (χ4v) is 1.67. The molecule has 0 saturated heterocycles. The first-order chi connectivity index (χ1) is 9.63. The highest BCUT2D eigenvalue weighted by Crippen LogP contribution is 2.07. The normalized spacial score (nSPS) is 12.2. The van der Waals surface area contributed by atoms with Gasteiger partial charge in [0.05, 0.1) is 20.3 Å². The molecule has 0 aliphatic heterocycles. The minimum Gasteiger partial charge on any atom is -0.491 e. The molecule has 0 saturated carbocycles. The molecule has 0 bridgehead atoms. The van der Waals surface area contributed by atoms with Gasteiger partial charge in [-0.25, -0.2) is 0 Å².